The van der Waals surface area contributed by atoms with Crippen molar-refractivity contribution in [2.75, 3.05) is 0 Å². The van der Waals surface area contributed by atoms with Crippen molar-refractivity contribution >= 4 is 11.4 Å². The molecule has 0 unspecified atom stereocenters. The van der Waals surface area contributed by atoms with Gasteiger partial charge in [-0.1, -0.05) is 66.2 Å². The molecule has 2 rings (SSSR count). The van der Waals surface area contributed by atoms with E-state index in [0.717, 1.165) is 5.69 Å². The van der Waals surface area contributed by atoms with E-state index >= 15 is 0 Å². The first-order chi connectivity index (χ1) is 10.4. The largest absolute Gasteiger partial charge is 0.243 e. The zero-order chi connectivity index (χ0) is 16.3. The maximum absolute atomic E-state index is 4.02. The van der Waals surface area contributed by atoms with Gasteiger partial charge in [0.05, 0.1) is 18.1 Å². The summed E-state index contributed by atoms with van der Waals surface area (Å²) in [6.07, 6.45) is 5.93. The van der Waals surface area contributed by atoms with E-state index in [-0.39, 0.29) is 0 Å². The molecule has 0 amide bonds. The van der Waals surface area contributed by atoms with E-state index in [1.165, 1.54) is 12.7 Å². The number of hydrogen-bond donors (Lipinski definition) is 0. The van der Waals surface area contributed by atoms with Crippen LogP contribution in [0, 0.1) is 0 Å². The molecule has 4 heteroatoms. The van der Waals surface area contributed by atoms with E-state index in [9.17, 15) is 0 Å². The normalized spacial score (nSPS) is 8.48. The van der Waals surface area contributed by atoms with Crippen molar-refractivity contribution in [2.24, 2.45) is 10.2 Å². The third-order valence-electron chi connectivity index (χ3n) is 1.58. The van der Waals surface area contributed by atoms with E-state index in [4.69, 9.17) is 0 Å². The van der Waals surface area contributed by atoms with Crippen LogP contribution in [-0.4, -0.2) is 9.97 Å². The summed E-state index contributed by atoms with van der Waals surface area (Å²) in [5.41, 5.74) is 1.47. The predicted molar refractivity (Wildman–Crippen MR) is 91.3 cm³/mol. The lowest BCUT2D eigenvalue weighted by Crippen LogP contribution is -1.72. The van der Waals surface area contributed by atoms with Crippen molar-refractivity contribution in [1.29, 1.82) is 0 Å². The SMILES string of the molecule is CC.CC.CCC.c1ccc(N=Nc2cncnc2)cc1. The van der Waals surface area contributed by atoms with E-state index in [0.29, 0.717) is 5.69 Å². The smallest absolute Gasteiger partial charge is 0.122 e. The number of hydrogen-bond acceptors (Lipinski definition) is 4. The molecular weight excluding hydrogens is 260 g/mol. The third-order valence-corrected chi connectivity index (χ3v) is 1.58. The Hall–Kier alpha value is -2.10. The summed E-state index contributed by atoms with van der Waals surface area (Å²) in [6, 6.07) is 9.52. The van der Waals surface area contributed by atoms with E-state index < -0.39 is 0 Å². The first-order valence-electron chi connectivity index (χ1n) is 7.58. The second kappa shape index (κ2) is 17.9. The number of aromatic nitrogens is 2. The summed E-state index contributed by atoms with van der Waals surface area (Å²) in [5, 5.41) is 8.00. The number of nitrogens with zero attached hydrogens (tertiary/aromatic N) is 4. The van der Waals surface area contributed by atoms with Gasteiger partial charge in [-0.15, -0.1) is 5.11 Å². The van der Waals surface area contributed by atoms with E-state index in [1.807, 2.05) is 58.0 Å². The minimum atomic E-state index is 0.649. The lowest BCUT2D eigenvalue weighted by molar-refractivity contribution is 1.09. The Balaban J connectivity index is 0. The lowest BCUT2D eigenvalue weighted by Gasteiger charge is -1.90. The van der Waals surface area contributed by atoms with Gasteiger partial charge in [-0.25, -0.2) is 9.97 Å². The highest BCUT2D eigenvalue weighted by Gasteiger charge is 1.88. The van der Waals surface area contributed by atoms with Crippen LogP contribution in [-0.2, 0) is 0 Å². The molecule has 0 saturated carbocycles. The maximum atomic E-state index is 4.02. The summed E-state index contributed by atoms with van der Waals surface area (Å²) in [5.74, 6) is 0. The van der Waals surface area contributed by atoms with Crippen molar-refractivity contribution in [3.63, 3.8) is 0 Å². The fourth-order valence-corrected chi connectivity index (χ4v) is 0.953. The first kappa shape index (κ1) is 21.2. The fraction of sp³-hybridized carbons (Fsp3) is 0.412. The molecule has 0 bridgehead atoms. The van der Waals surface area contributed by atoms with Gasteiger partial charge in [-0.3, -0.25) is 0 Å². The van der Waals surface area contributed by atoms with Crippen molar-refractivity contribution in [3.8, 4) is 0 Å². The molecule has 21 heavy (non-hydrogen) atoms. The second-order valence-corrected chi connectivity index (χ2v) is 3.34. The second-order valence-electron chi connectivity index (χ2n) is 3.34. The zero-order valence-electron chi connectivity index (χ0n) is 14.1. The van der Waals surface area contributed by atoms with Gasteiger partial charge in [0, 0.05) is 0 Å². The molecule has 2 aromatic rings. The van der Waals surface area contributed by atoms with Crippen LogP contribution in [0.3, 0.4) is 0 Å². The van der Waals surface area contributed by atoms with Crippen molar-refractivity contribution in [2.45, 2.75) is 48.0 Å². The average molecular weight is 288 g/mol. The molecule has 1 aromatic carbocycles. The Morgan fingerprint density at radius 2 is 1.19 bits per heavy atom. The van der Waals surface area contributed by atoms with Gasteiger partial charge in [0.2, 0.25) is 0 Å². The first-order valence-corrected chi connectivity index (χ1v) is 7.58. The van der Waals surface area contributed by atoms with Crippen LogP contribution < -0.4 is 0 Å². The van der Waals surface area contributed by atoms with Crippen LogP contribution in [0.1, 0.15) is 48.0 Å². The van der Waals surface area contributed by atoms with Gasteiger partial charge in [0.25, 0.3) is 0 Å². The summed E-state index contributed by atoms with van der Waals surface area (Å²) in [4.78, 5) is 7.66. The van der Waals surface area contributed by atoms with E-state index in [2.05, 4.69) is 34.0 Å². The molecule has 116 valence electrons. The molecule has 0 fully saturated rings. The highest BCUT2D eigenvalue weighted by molar-refractivity contribution is 5.36. The summed E-state index contributed by atoms with van der Waals surface area (Å²) in [7, 11) is 0. The minimum absolute atomic E-state index is 0.649. The summed E-state index contributed by atoms with van der Waals surface area (Å²) >= 11 is 0. The Morgan fingerprint density at radius 3 is 1.67 bits per heavy atom. The minimum Gasteiger partial charge on any atom is -0.243 e. The van der Waals surface area contributed by atoms with Gasteiger partial charge >= 0.3 is 0 Å². The van der Waals surface area contributed by atoms with Crippen molar-refractivity contribution in [1.82, 2.24) is 9.97 Å². The highest BCUT2D eigenvalue weighted by Crippen LogP contribution is 2.15. The van der Waals surface area contributed by atoms with Gasteiger partial charge in [-0.2, -0.15) is 5.11 Å². The highest BCUT2D eigenvalue weighted by atomic mass is 15.1. The Kier molecular flexibility index (Phi) is 18.1. The number of azo groups is 1. The topological polar surface area (TPSA) is 50.5 Å². The quantitative estimate of drug-likeness (QED) is 0.603. The van der Waals surface area contributed by atoms with Crippen LogP contribution in [0.25, 0.3) is 0 Å². The monoisotopic (exact) mass is 288 g/mol. The Bertz CT molecular complexity index is 386. The number of benzene rings is 1. The molecule has 0 spiro atoms. The molecule has 0 N–H and O–H groups in total. The van der Waals surface area contributed by atoms with Crippen LogP contribution >= 0.6 is 0 Å². The average Bonchev–Trinajstić information content (AvgIpc) is 2.59. The van der Waals surface area contributed by atoms with Crippen molar-refractivity contribution < 1.29 is 0 Å². The predicted octanol–water partition coefficient (Wildman–Crippen LogP) is 6.36. The zero-order valence-corrected chi connectivity index (χ0v) is 14.1. The Morgan fingerprint density at radius 1 is 0.762 bits per heavy atom. The molecule has 0 aliphatic carbocycles. The van der Waals surface area contributed by atoms with Gasteiger partial charge < -0.3 is 0 Å². The molecule has 0 aliphatic rings. The fourth-order valence-electron chi connectivity index (χ4n) is 0.953. The lowest BCUT2D eigenvalue weighted by atomic mass is 10.3. The third kappa shape index (κ3) is 12.7. The van der Waals surface area contributed by atoms with Gasteiger partial charge in [0.1, 0.15) is 12.0 Å². The number of rotatable bonds is 2. The Labute approximate surface area is 129 Å². The molecule has 0 atom stereocenters. The van der Waals surface area contributed by atoms with E-state index in [1.54, 1.807) is 12.4 Å². The van der Waals surface area contributed by atoms with Crippen LogP contribution in [0.2, 0.25) is 0 Å². The van der Waals surface area contributed by atoms with Crippen LogP contribution in [0.15, 0.2) is 59.3 Å². The molecule has 0 radical (unpaired) electrons. The van der Waals surface area contributed by atoms with Crippen LogP contribution in [0.4, 0.5) is 11.4 Å². The van der Waals surface area contributed by atoms with Crippen LogP contribution in [0.5, 0.6) is 0 Å². The standard InChI is InChI=1S/C10H8N4.C3H8.2C2H6/c1-2-4-9(5-3-1)13-14-10-6-11-8-12-7-10;1-3-2;2*1-2/h1-8H;3H2,1-2H3;2*1-2H3. The molecule has 0 aliphatic heterocycles. The summed E-state index contributed by atoms with van der Waals surface area (Å²) in [6.45, 7) is 12.2. The molecular formula is C17H28N4. The molecule has 1 aromatic heterocycles. The van der Waals surface area contributed by atoms with Gasteiger partial charge in [-0.05, 0) is 12.1 Å². The summed E-state index contributed by atoms with van der Waals surface area (Å²) < 4.78 is 0. The molecule has 4 nitrogen and oxygen atoms in total. The van der Waals surface area contributed by atoms with Crippen molar-refractivity contribution in [3.05, 3.63) is 49.1 Å². The van der Waals surface area contributed by atoms with Gasteiger partial charge in [0.15, 0.2) is 0 Å². The maximum Gasteiger partial charge on any atom is 0.122 e. The molecule has 0 saturated heterocycles. The molecule has 1 heterocycles.